The van der Waals surface area contributed by atoms with E-state index in [2.05, 4.69) is 15.9 Å². The Morgan fingerprint density at radius 1 is 1.05 bits per heavy atom. The Morgan fingerprint density at radius 2 is 1.77 bits per heavy atom. The van der Waals surface area contributed by atoms with Crippen LogP contribution in [0, 0.1) is 0 Å². The topological polar surface area (TPSA) is 116 Å². The van der Waals surface area contributed by atoms with E-state index in [1.54, 1.807) is 42.5 Å². The van der Waals surface area contributed by atoms with Gasteiger partial charge in [-0.15, -0.1) is 23.2 Å². The van der Waals surface area contributed by atoms with Gasteiger partial charge in [0.15, 0.2) is 9.75 Å². The van der Waals surface area contributed by atoms with Crippen LogP contribution in [0.4, 0.5) is 0 Å². The predicted molar refractivity (Wildman–Crippen MR) is 146 cm³/mol. The highest BCUT2D eigenvalue weighted by Crippen LogP contribution is 2.64. The molecule has 2 fully saturated rings. The maximum Gasteiger partial charge on any atom is 0.352 e. The Bertz CT molecular complexity index is 1700. The molecule has 1 aliphatic carbocycles. The SMILES string of the molecule is COc1cc(O)ccc1[C@H]1C2=CCn3c(=O)n(-c4ccccc4)c(=O)n3[C@@H]2C[C@@]2(Cl)C(=O)N(CBr)C(=O)[C@@]12Cl. The van der Waals surface area contributed by atoms with Crippen LogP contribution in [0.15, 0.2) is 69.8 Å². The molecule has 0 spiro atoms. The highest BCUT2D eigenvalue weighted by atomic mass is 79.9. The number of allylic oxidation sites excluding steroid dienone is 2. The zero-order valence-electron chi connectivity index (χ0n) is 20.4. The molecule has 0 unspecified atom stereocenters. The minimum atomic E-state index is -1.99. The van der Waals surface area contributed by atoms with E-state index in [1.807, 2.05) is 0 Å². The van der Waals surface area contributed by atoms with Crippen LogP contribution >= 0.6 is 39.1 Å². The van der Waals surface area contributed by atoms with Crippen molar-refractivity contribution >= 4 is 50.9 Å². The molecule has 2 aliphatic heterocycles. The number of benzene rings is 2. The molecule has 6 rings (SSSR count). The molecule has 1 saturated heterocycles. The zero-order valence-corrected chi connectivity index (χ0v) is 23.5. The molecule has 1 N–H and O–H groups in total. The van der Waals surface area contributed by atoms with Gasteiger partial charge in [-0.2, -0.15) is 0 Å². The smallest absolute Gasteiger partial charge is 0.352 e. The molecule has 2 aromatic carbocycles. The van der Waals surface area contributed by atoms with Crippen LogP contribution in [0.1, 0.15) is 23.9 Å². The number of fused-ring (bicyclic) bond motifs is 4. The summed E-state index contributed by atoms with van der Waals surface area (Å²) in [5, 5.41) is 10.1. The number of rotatable bonds is 4. The molecule has 39 heavy (non-hydrogen) atoms. The number of nitrogens with zero attached hydrogens (tertiary/aromatic N) is 4. The van der Waals surface area contributed by atoms with Crippen LogP contribution in [0.25, 0.3) is 5.69 Å². The van der Waals surface area contributed by atoms with E-state index >= 15 is 0 Å². The van der Waals surface area contributed by atoms with Gasteiger partial charge in [-0.1, -0.05) is 46.3 Å². The number of para-hydroxylation sites is 1. The summed E-state index contributed by atoms with van der Waals surface area (Å²) in [6, 6.07) is 12.0. The van der Waals surface area contributed by atoms with Crippen LogP contribution in [0.2, 0.25) is 0 Å². The van der Waals surface area contributed by atoms with Gasteiger partial charge >= 0.3 is 11.4 Å². The molecular formula is C26H21BrCl2N4O6. The van der Waals surface area contributed by atoms with Gasteiger partial charge in [-0.05, 0) is 23.8 Å². The number of methoxy groups -OCH3 is 1. The Hall–Kier alpha value is -3.28. The van der Waals surface area contributed by atoms with E-state index in [1.165, 1.54) is 28.6 Å². The average Bonchev–Trinajstić information content (AvgIpc) is 3.27. The molecule has 4 atom stereocenters. The third-order valence-electron chi connectivity index (χ3n) is 7.82. The Balaban J connectivity index is 1.64. The molecule has 2 amide bonds. The van der Waals surface area contributed by atoms with Gasteiger partial charge in [0.2, 0.25) is 0 Å². The number of phenolic OH excluding ortho intramolecular Hbond substituents is 1. The second-order valence-electron chi connectivity index (χ2n) is 9.62. The maximum absolute atomic E-state index is 13.8. The van der Waals surface area contributed by atoms with E-state index in [9.17, 15) is 24.3 Å². The minimum absolute atomic E-state index is 0.0171. The molecule has 10 nitrogen and oxygen atoms in total. The largest absolute Gasteiger partial charge is 0.508 e. The van der Waals surface area contributed by atoms with Crippen molar-refractivity contribution in [2.24, 2.45) is 0 Å². The number of alkyl halides is 3. The Morgan fingerprint density at radius 3 is 2.44 bits per heavy atom. The van der Waals surface area contributed by atoms with Crippen molar-refractivity contribution in [1.29, 1.82) is 0 Å². The first kappa shape index (κ1) is 26.0. The number of carbonyl (C=O) groups excluding carboxylic acids is 2. The predicted octanol–water partition coefficient (Wildman–Crippen LogP) is 2.86. The second-order valence-corrected chi connectivity index (χ2v) is 11.4. The van der Waals surface area contributed by atoms with Gasteiger partial charge < -0.3 is 9.84 Å². The molecule has 1 aromatic heterocycles. The van der Waals surface area contributed by atoms with Crippen LogP contribution in [-0.4, -0.2) is 58.1 Å². The molecule has 3 aliphatic rings. The number of phenols is 1. The lowest BCUT2D eigenvalue weighted by Crippen LogP contribution is -2.59. The summed E-state index contributed by atoms with van der Waals surface area (Å²) in [7, 11) is 1.40. The summed E-state index contributed by atoms with van der Waals surface area (Å²) in [6.07, 6.45) is 1.53. The molecule has 0 radical (unpaired) electrons. The summed E-state index contributed by atoms with van der Waals surface area (Å²) >= 11 is 17.5. The van der Waals surface area contributed by atoms with E-state index in [0.717, 1.165) is 9.47 Å². The first-order chi connectivity index (χ1) is 18.6. The van der Waals surface area contributed by atoms with Crippen molar-refractivity contribution in [3.05, 3.63) is 86.7 Å². The standard InChI is InChI=1S/C26H21BrCl2N4O6/c1-39-19-11-15(34)7-8-17(19)20-16-9-10-31-23(37)32(14-5-3-2-4-6-14)24(38)33(31)18(16)12-25(28)21(35)30(13-27)22(36)26(20,25)29/h2-9,11,18,20,34H,10,12-13H2,1H3/t18-,20-,25-,26+/m1/s1. The highest BCUT2D eigenvalue weighted by Gasteiger charge is 2.75. The quantitative estimate of drug-likeness (QED) is 0.204. The van der Waals surface area contributed by atoms with Crippen LogP contribution < -0.4 is 16.1 Å². The maximum atomic E-state index is 13.8. The van der Waals surface area contributed by atoms with Gasteiger partial charge in [-0.25, -0.2) is 23.5 Å². The monoisotopic (exact) mass is 634 g/mol. The average molecular weight is 636 g/mol. The number of imide groups is 1. The van der Waals surface area contributed by atoms with E-state index in [4.69, 9.17) is 27.9 Å². The Kier molecular flexibility index (Phi) is 5.91. The number of hydrogen-bond acceptors (Lipinski definition) is 6. The zero-order chi connectivity index (χ0) is 27.9. The summed E-state index contributed by atoms with van der Waals surface area (Å²) in [6.45, 7) is 0.0171. The highest BCUT2D eigenvalue weighted by molar-refractivity contribution is 9.09. The third kappa shape index (κ3) is 3.26. The van der Waals surface area contributed by atoms with E-state index in [-0.39, 0.29) is 29.9 Å². The van der Waals surface area contributed by atoms with Crippen molar-refractivity contribution in [2.75, 3.05) is 12.6 Å². The van der Waals surface area contributed by atoms with Gasteiger partial charge in [0.25, 0.3) is 11.8 Å². The van der Waals surface area contributed by atoms with Gasteiger partial charge in [0.05, 0.1) is 30.8 Å². The molecule has 1 saturated carbocycles. The number of aromatic nitrogens is 3. The summed E-state index contributed by atoms with van der Waals surface area (Å²) < 4.78 is 9.18. The molecule has 3 aromatic rings. The molecule has 0 bridgehead atoms. The number of halogens is 3. The first-order valence-corrected chi connectivity index (χ1v) is 13.8. The molecular weight excluding hydrogens is 615 g/mol. The lowest BCUT2D eigenvalue weighted by Gasteiger charge is -2.49. The summed E-state index contributed by atoms with van der Waals surface area (Å²) in [5.74, 6) is -2.31. The fraction of sp³-hybridized carbons (Fsp3) is 0.308. The lowest BCUT2D eigenvalue weighted by atomic mass is 9.64. The first-order valence-electron chi connectivity index (χ1n) is 12.0. The normalized spacial score (nSPS) is 27.6. The molecule has 202 valence electrons. The van der Waals surface area contributed by atoms with Crippen molar-refractivity contribution < 1.29 is 19.4 Å². The lowest BCUT2D eigenvalue weighted by molar-refractivity contribution is -0.138. The van der Waals surface area contributed by atoms with E-state index in [0.29, 0.717) is 16.8 Å². The number of aromatic hydroxyl groups is 1. The van der Waals surface area contributed by atoms with Crippen LogP contribution in [0.5, 0.6) is 11.5 Å². The van der Waals surface area contributed by atoms with Crippen molar-refractivity contribution in [3.63, 3.8) is 0 Å². The van der Waals surface area contributed by atoms with Crippen molar-refractivity contribution in [1.82, 2.24) is 18.8 Å². The van der Waals surface area contributed by atoms with Crippen LogP contribution in [-0.2, 0) is 16.1 Å². The summed E-state index contributed by atoms with van der Waals surface area (Å²) in [5.41, 5.74) is 0.0228. The third-order valence-corrected chi connectivity index (χ3v) is 9.74. The summed E-state index contributed by atoms with van der Waals surface area (Å²) in [4.78, 5) is 51.7. The number of carbonyl (C=O) groups is 2. The minimum Gasteiger partial charge on any atom is -0.508 e. The number of hydrogen-bond donors (Lipinski definition) is 1. The fourth-order valence-corrected chi connectivity index (χ4v) is 7.49. The van der Waals surface area contributed by atoms with Crippen molar-refractivity contribution in [2.45, 2.75) is 34.7 Å². The second kappa shape index (κ2) is 8.87. The van der Waals surface area contributed by atoms with Gasteiger partial charge in [0, 0.05) is 24.0 Å². The van der Waals surface area contributed by atoms with Gasteiger partial charge in [0.1, 0.15) is 11.5 Å². The Labute approximate surface area is 239 Å². The number of likely N-dealkylation sites (tertiary alicyclic amines) is 1. The van der Waals surface area contributed by atoms with Gasteiger partial charge in [-0.3, -0.25) is 14.5 Å². The van der Waals surface area contributed by atoms with Crippen molar-refractivity contribution in [3.8, 4) is 17.2 Å². The fourth-order valence-electron chi connectivity index (χ4n) is 6.10. The number of ether oxygens (including phenoxy) is 1. The van der Waals surface area contributed by atoms with Crippen LogP contribution in [0.3, 0.4) is 0 Å². The molecule has 13 heteroatoms. The molecule has 3 heterocycles. The number of amides is 2. The van der Waals surface area contributed by atoms with E-state index < -0.39 is 44.9 Å².